The molecule has 0 spiro atoms. The van der Waals surface area contributed by atoms with E-state index in [1.807, 2.05) is 52.8 Å². The largest absolute Gasteiger partial charge is 0.325 e. The number of nitro groups is 1. The molecule has 0 saturated carbocycles. The highest BCUT2D eigenvalue weighted by atomic mass is 35.5. The van der Waals surface area contributed by atoms with Gasteiger partial charge >= 0.3 is 0 Å². The first kappa shape index (κ1) is 25.7. The first-order chi connectivity index (χ1) is 16.0. The van der Waals surface area contributed by atoms with Crippen LogP contribution in [0.3, 0.4) is 0 Å². The molecule has 1 saturated heterocycles. The van der Waals surface area contributed by atoms with Crippen molar-refractivity contribution in [3.05, 3.63) is 62.7 Å². The van der Waals surface area contributed by atoms with Crippen molar-refractivity contribution in [3.63, 3.8) is 0 Å². The lowest BCUT2D eigenvalue weighted by atomic mass is 10.0. The fraction of sp³-hybridized carbons (Fsp3) is 0.375. The summed E-state index contributed by atoms with van der Waals surface area (Å²) in [6, 6.07) is 9.63. The number of amides is 2. The fourth-order valence-corrected chi connectivity index (χ4v) is 4.88. The van der Waals surface area contributed by atoms with Crippen LogP contribution in [0.15, 0.2) is 41.4 Å². The monoisotopic (exact) mass is 502 g/mol. The van der Waals surface area contributed by atoms with Gasteiger partial charge in [0.1, 0.15) is 5.25 Å². The second-order valence-electron chi connectivity index (χ2n) is 8.66. The Morgan fingerprint density at radius 3 is 2.56 bits per heavy atom. The van der Waals surface area contributed by atoms with Gasteiger partial charge in [0.2, 0.25) is 11.8 Å². The Hall–Kier alpha value is -2.91. The smallest absolute Gasteiger partial charge is 0.271 e. The molecule has 0 aromatic heterocycles. The Labute approximate surface area is 207 Å². The molecule has 180 valence electrons. The second kappa shape index (κ2) is 10.6. The van der Waals surface area contributed by atoms with E-state index < -0.39 is 16.1 Å². The lowest BCUT2D eigenvalue weighted by molar-refractivity contribution is -0.384. The highest BCUT2D eigenvalue weighted by molar-refractivity contribution is 8.15. The molecule has 1 heterocycles. The summed E-state index contributed by atoms with van der Waals surface area (Å²) in [4.78, 5) is 43.0. The first-order valence-electron chi connectivity index (χ1n) is 10.9. The number of aliphatic imine (C=N–C) groups is 1. The first-order valence-corrected chi connectivity index (χ1v) is 12.1. The number of benzene rings is 2. The summed E-state index contributed by atoms with van der Waals surface area (Å²) in [5.41, 5.74) is 2.84. The molecule has 0 radical (unpaired) electrons. The Bertz CT molecular complexity index is 1170. The van der Waals surface area contributed by atoms with Gasteiger partial charge in [-0.3, -0.25) is 24.6 Å². The number of halogens is 1. The summed E-state index contributed by atoms with van der Waals surface area (Å²) >= 11 is 7.35. The third-order valence-corrected chi connectivity index (χ3v) is 7.19. The number of thioether (sulfide) groups is 1. The molecule has 1 aliphatic rings. The van der Waals surface area contributed by atoms with Crippen molar-refractivity contribution in [2.45, 2.75) is 52.3 Å². The maximum Gasteiger partial charge on any atom is 0.271 e. The molecule has 0 bridgehead atoms. The van der Waals surface area contributed by atoms with Crippen LogP contribution in [0.25, 0.3) is 0 Å². The van der Waals surface area contributed by atoms with Gasteiger partial charge in [0.05, 0.1) is 21.3 Å². The summed E-state index contributed by atoms with van der Waals surface area (Å²) in [6.07, 6.45) is -0.115. The summed E-state index contributed by atoms with van der Waals surface area (Å²) in [6.45, 7) is 10.0. The molecule has 2 aromatic carbocycles. The standard InChI is InChI=1S/C24H27ClN4O4S/c1-13(2)16(5)28-23(31)21(34-24(28)27-19-9-6-14(3)10-15(19)4)12-22(30)26-20-11-17(29(32)33)7-8-18(20)25/h6-11,13,16,21H,12H2,1-5H3,(H,26,30)/t16-,21+/m0/s1. The maximum atomic E-state index is 13.3. The van der Waals surface area contributed by atoms with Gasteiger partial charge in [-0.25, -0.2) is 4.99 Å². The van der Waals surface area contributed by atoms with Gasteiger partial charge in [0.15, 0.2) is 5.17 Å². The number of nitro benzene ring substituents is 1. The number of anilines is 1. The van der Waals surface area contributed by atoms with Crippen molar-refractivity contribution >= 4 is 57.4 Å². The SMILES string of the molecule is Cc1ccc(N=C2S[C@H](CC(=O)Nc3cc([N+](=O)[O-])ccc3Cl)C(=O)N2[C@@H](C)C(C)C)c(C)c1. The van der Waals surface area contributed by atoms with Crippen molar-refractivity contribution in [1.29, 1.82) is 0 Å². The van der Waals surface area contributed by atoms with Crippen LogP contribution in [0.4, 0.5) is 17.1 Å². The Morgan fingerprint density at radius 2 is 1.94 bits per heavy atom. The number of aryl methyl sites for hydroxylation is 2. The fourth-order valence-electron chi connectivity index (χ4n) is 3.49. The van der Waals surface area contributed by atoms with Crippen LogP contribution in [0.1, 0.15) is 38.3 Å². The Kier molecular flexibility index (Phi) is 7.99. The van der Waals surface area contributed by atoms with Gasteiger partial charge in [-0.15, -0.1) is 0 Å². The number of carbonyl (C=O) groups excluding carboxylic acids is 2. The number of non-ortho nitro benzene ring substituents is 1. The summed E-state index contributed by atoms with van der Waals surface area (Å²) < 4.78 is 0. The highest BCUT2D eigenvalue weighted by Crippen LogP contribution is 2.36. The van der Waals surface area contributed by atoms with Gasteiger partial charge in [-0.1, -0.05) is 54.9 Å². The predicted octanol–water partition coefficient (Wildman–Crippen LogP) is 5.87. The van der Waals surface area contributed by atoms with Crippen LogP contribution < -0.4 is 5.32 Å². The van der Waals surface area contributed by atoms with Crippen LogP contribution in [-0.4, -0.2) is 38.1 Å². The number of hydrogen-bond acceptors (Lipinski definition) is 6. The maximum absolute atomic E-state index is 13.3. The molecule has 10 heteroatoms. The van der Waals surface area contributed by atoms with Crippen LogP contribution in [0.5, 0.6) is 0 Å². The molecule has 2 aromatic rings. The van der Waals surface area contributed by atoms with Gasteiger partial charge in [-0.2, -0.15) is 0 Å². The van der Waals surface area contributed by atoms with E-state index in [0.29, 0.717) is 5.17 Å². The molecule has 1 aliphatic heterocycles. The lowest BCUT2D eigenvalue weighted by Gasteiger charge is -2.27. The van der Waals surface area contributed by atoms with Crippen molar-refractivity contribution in [1.82, 2.24) is 4.90 Å². The minimum absolute atomic E-state index is 0.108. The number of rotatable bonds is 7. The van der Waals surface area contributed by atoms with E-state index in [-0.39, 0.29) is 40.7 Å². The molecular formula is C24H27ClN4O4S. The molecule has 34 heavy (non-hydrogen) atoms. The number of carbonyl (C=O) groups is 2. The van der Waals surface area contributed by atoms with E-state index in [9.17, 15) is 19.7 Å². The van der Waals surface area contributed by atoms with Gasteiger partial charge in [-0.05, 0) is 44.4 Å². The summed E-state index contributed by atoms with van der Waals surface area (Å²) in [5, 5.41) is 13.7. The van der Waals surface area contributed by atoms with E-state index in [1.54, 1.807) is 4.90 Å². The van der Waals surface area contributed by atoms with Gasteiger partial charge in [0, 0.05) is 24.6 Å². The molecule has 0 unspecified atom stereocenters. The van der Waals surface area contributed by atoms with Crippen LogP contribution in [0.2, 0.25) is 5.02 Å². The second-order valence-corrected chi connectivity index (χ2v) is 10.2. The number of nitrogens with one attached hydrogen (secondary N) is 1. The number of amidine groups is 1. The number of nitrogens with zero attached hydrogens (tertiary/aromatic N) is 3. The van der Waals surface area contributed by atoms with Crippen molar-refractivity contribution < 1.29 is 14.5 Å². The zero-order chi connectivity index (χ0) is 25.2. The van der Waals surface area contributed by atoms with Crippen molar-refractivity contribution in [3.8, 4) is 0 Å². The Balaban J connectivity index is 1.84. The zero-order valence-electron chi connectivity index (χ0n) is 19.7. The van der Waals surface area contributed by atoms with Crippen LogP contribution in [-0.2, 0) is 9.59 Å². The third kappa shape index (κ3) is 5.77. The normalized spacial score (nSPS) is 18.0. The van der Waals surface area contributed by atoms with E-state index in [2.05, 4.69) is 5.32 Å². The highest BCUT2D eigenvalue weighted by Gasteiger charge is 2.42. The lowest BCUT2D eigenvalue weighted by Crippen LogP contribution is -2.42. The molecule has 2 amide bonds. The average Bonchev–Trinajstić information content (AvgIpc) is 3.05. The van der Waals surface area contributed by atoms with Crippen molar-refractivity contribution in [2.24, 2.45) is 10.9 Å². The summed E-state index contributed by atoms with van der Waals surface area (Å²) in [5.74, 6) is -0.460. The molecule has 1 fully saturated rings. The van der Waals surface area contributed by atoms with Crippen LogP contribution >= 0.6 is 23.4 Å². The molecule has 1 N–H and O–H groups in total. The third-order valence-electron chi connectivity index (χ3n) is 5.71. The molecular weight excluding hydrogens is 476 g/mol. The quantitative estimate of drug-likeness (QED) is 0.376. The van der Waals surface area contributed by atoms with E-state index in [1.165, 1.54) is 30.0 Å². The van der Waals surface area contributed by atoms with Gasteiger partial charge in [0.25, 0.3) is 5.69 Å². The minimum Gasteiger partial charge on any atom is -0.325 e. The summed E-state index contributed by atoms with van der Waals surface area (Å²) in [7, 11) is 0. The van der Waals surface area contributed by atoms with Crippen molar-refractivity contribution in [2.75, 3.05) is 5.32 Å². The van der Waals surface area contributed by atoms with Crippen LogP contribution in [0, 0.1) is 29.9 Å². The zero-order valence-corrected chi connectivity index (χ0v) is 21.2. The van der Waals surface area contributed by atoms with E-state index >= 15 is 0 Å². The topological polar surface area (TPSA) is 105 Å². The molecule has 2 atom stereocenters. The van der Waals surface area contributed by atoms with E-state index in [4.69, 9.17) is 16.6 Å². The van der Waals surface area contributed by atoms with Gasteiger partial charge < -0.3 is 5.32 Å². The molecule has 3 rings (SSSR count). The average molecular weight is 503 g/mol. The number of hydrogen-bond donors (Lipinski definition) is 1. The molecule has 8 nitrogen and oxygen atoms in total. The molecule has 0 aliphatic carbocycles. The van der Waals surface area contributed by atoms with E-state index in [0.717, 1.165) is 16.8 Å². The minimum atomic E-state index is -0.664. The predicted molar refractivity (Wildman–Crippen MR) is 137 cm³/mol. The Morgan fingerprint density at radius 1 is 1.24 bits per heavy atom.